The van der Waals surface area contributed by atoms with Gasteiger partial charge in [-0.1, -0.05) is 30.3 Å². The van der Waals surface area contributed by atoms with Crippen LogP contribution in [0, 0.1) is 0 Å². The summed E-state index contributed by atoms with van der Waals surface area (Å²) in [5.74, 6) is 0.392. The van der Waals surface area contributed by atoms with E-state index in [1.54, 1.807) is 7.11 Å². The normalized spacial score (nSPS) is 27.7. The molecule has 2 aliphatic carbocycles. The van der Waals surface area contributed by atoms with Gasteiger partial charge in [-0.2, -0.15) is 0 Å². The fraction of sp³-hybridized carbons (Fsp3) is 0.419. The van der Waals surface area contributed by atoms with Crippen LogP contribution in [-0.4, -0.2) is 71.6 Å². The highest BCUT2D eigenvalue weighted by molar-refractivity contribution is 5.99. The average molecular weight is 557 g/mol. The zero-order chi connectivity index (χ0) is 28.5. The molecule has 1 amide bonds. The van der Waals surface area contributed by atoms with Crippen LogP contribution in [-0.2, 0) is 27.8 Å². The number of nitrogens with zero attached hydrogens (tertiary/aromatic N) is 1. The first-order chi connectivity index (χ1) is 19.8. The number of hydrogen-bond acceptors (Lipinski definition) is 7. The van der Waals surface area contributed by atoms with Gasteiger partial charge >= 0.3 is 5.69 Å². The van der Waals surface area contributed by atoms with Crippen LogP contribution in [0.2, 0.25) is 0 Å². The Morgan fingerprint density at radius 1 is 1.15 bits per heavy atom. The summed E-state index contributed by atoms with van der Waals surface area (Å²) in [6.45, 7) is 1.24. The van der Waals surface area contributed by atoms with Gasteiger partial charge < -0.3 is 24.7 Å². The molecule has 3 aromatic rings. The second-order valence-corrected chi connectivity index (χ2v) is 11.6. The van der Waals surface area contributed by atoms with Gasteiger partial charge in [-0.15, -0.1) is 0 Å². The Kier molecular flexibility index (Phi) is 5.85. The quantitative estimate of drug-likeness (QED) is 0.421. The highest BCUT2D eigenvalue weighted by Gasteiger charge is 2.73. The van der Waals surface area contributed by atoms with Crippen molar-refractivity contribution in [2.45, 2.75) is 55.3 Å². The van der Waals surface area contributed by atoms with Gasteiger partial charge in [-0.25, -0.2) is 4.79 Å². The number of carbonyl (C=O) groups excluding carboxylic acids is 2. The molecule has 1 saturated carbocycles. The maximum absolute atomic E-state index is 13.5. The van der Waals surface area contributed by atoms with E-state index in [2.05, 4.69) is 27.2 Å². The summed E-state index contributed by atoms with van der Waals surface area (Å²) in [7, 11) is 3.88. The molecule has 1 unspecified atom stereocenters. The minimum absolute atomic E-state index is 0.0867. The van der Waals surface area contributed by atoms with Gasteiger partial charge in [-0.05, 0) is 62.0 Å². The molecule has 0 radical (unpaired) electrons. The van der Waals surface area contributed by atoms with Crippen LogP contribution in [0.4, 0.5) is 0 Å². The molecule has 1 saturated heterocycles. The van der Waals surface area contributed by atoms with Crippen molar-refractivity contribution >= 4 is 11.7 Å². The van der Waals surface area contributed by atoms with E-state index >= 15 is 0 Å². The zero-order valence-electron chi connectivity index (χ0n) is 23.0. The van der Waals surface area contributed by atoms with E-state index in [0.29, 0.717) is 48.2 Å². The van der Waals surface area contributed by atoms with Crippen molar-refractivity contribution in [3.63, 3.8) is 0 Å². The summed E-state index contributed by atoms with van der Waals surface area (Å²) in [4.78, 5) is 57.2. The van der Waals surface area contributed by atoms with Gasteiger partial charge in [0.1, 0.15) is 5.75 Å². The van der Waals surface area contributed by atoms with Crippen molar-refractivity contribution in [1.29, 1.82) is 0 Å². The molecule has 10 heteroatoms. The number of piperidine rings is 1. The third-order valence-corrected chi connectivity index (χ3v) is 9.90. The highest BCUT2D eigenvalue weighted by atomic mass is 16.5. The molecule has 1 aromatic heterocycles. The van der Waals surface area contributed by atoms with Crippen LogP contribution in [0.1, 0.15) is 46.3 Å². The fourth-order valence-electron chi connectivity index (χ4n) is 8.01. The summed E-state index contributed by atoms with van der Waals surface area (Å²) in [5, 5.41) is 3.03. The molecule has 2 aliphatic heterocycles. The molecule has 10 nitrogen and oxygen atoms in total. The van der Waals surface area contributed by atoms with Crippen molar-refractivity contribution < 1.29 is 19.1 Å². The van der Waals surface area contributed by atoms with Crippen LogP contribution in [0.25, 0.3) is 11.1 Å². The van der Waals surface area contributed by atoms with Crippen LogP contribution < -0.4 is 21.3 Å². The van der Waals surface area contributed by atoms with Crippen LogP contribution in [0.3, 0.4) is 0 Å². The molecule has 7 rings (SSSR count). The number of Topliss-reactive ketones (excluding diaryl/α,β-unsaturated/α-hetero) is 1. The highest BCUT2D eigenvalue weighted by Crippen LogP contribution is 2.64. The molecule has 41 heavy (non-hydrogen) atoms. The second kappa shape index (κ2) is 9.25. The predicted octanol–water partition coefficient (Wildman–Crippen LogP) is 1.71. The van der Waals surface area contributed by atoms with E-state index in [1.165, 1.54) is 6.20 Å². The number of H-pyrrole nitrogens is 2. The van der Waals surface area contributed by atoms with E-state index < -0.39 is 28.4 Å². The standard InChI is InChI=1S/C31H32N4O6/c1-35-14-12-30-24-19-7-8-20(25(24)41-26(30)22(36)9-11-31(30,40-2)23(35)15-19)27(37)32-13-10-17-3-5-18(6-4-17)21-16-33-29(39)34-28(21)38/h3-8,16,23,26H,9-15H2,1-2H3,(H,32,37)(H2,33,34,38,39)/t23-,26+,30?,31-/m1/s1. The van der Waals surface area contributed by atoms with E-state index in [4.69, 9.17) is 9.47 Å². The van der Waals surface area contributed by atoms with Crippen molar-refractivity contribution in [2.75, 3.05) is 27.2 Å². The van der Waals surface area contributed by atoms with Gasteiger partial charge in [0.2, 0.25) is 0 Å². The third-order valence-electron chi connectivity index (χ3n) is 9.90. The number of likely N-dealkylation sites (N-methyl/N-ethyl adjacent to an activating group) is 1. The van der Waals surface area contributed by atoms with Crippen molar-refractivity contribution in [3.05, 3.63) is 85.7 Å². The molecule has 2 bridgehead atoms. The Morgan fingerprint density at radius 3 is 2.71 bits per heavy atom. The summed E-state index contributed by atoms with van der Waals surface area (Å²) in [5.41, 5.74) is 2.53. The number of ether oxygens (including phenoxy) is 2. The molecule has 4 atom stereocenters. The number of methoxy groups -OCH3 is 1. The summed E-state index contributed by atoms with van der Waals surface area (Å²) in [6.07, 6.45) is 3.95. The maximum atomic E-state index is 13.5. The number of aromatic nitrogens is 2. The van der Waals surface area contributed by atoms with Crippen LogP contribution in [0.15, 0.2) is 52.2 Å². The van der Waals surface area contributed by atoms with E-state index in [-0.39, 0.29) is 17.7 Å². The number of carbonyl (C=O) groups is 2. The van der Waals surface area contributed by atoms with Gasteiger partial charge in [0.25, 0.3) is 11.5 Å². The van der Waals surface area contributed by atoms with Crippen LogP contribution >= 0.6 is 0 Å². The molecule has 4 aliphatic rings. The summed E-state index contributed by atoms with van der Waals surface area (Å²) >= 11 is 0. The van der Waals surface area contributed by atoms with Gasteiger partial charge in [0, 0.05) is 37.9 Å². The number of likely N-dealkylation sites (tertiary alicyclic amines) is 1. The van der Waals surface area contributed by atoms with Gasteiger partial charge in [0.05, 0.1) is 22.1 Å². The van der Waals surface area contributed by atoms with E-state index in [9.17, 15) is 19.2 Å². The first kappa shape index (κ1) is 25.9. The minimum Gasteiger partial charge on any atom is -0.480 e. The number of nitrogens with one attached hydrogen (secondary N) is 3. The third kappa shape index (κ3) is 3.56. The number of rotatable bonds is 6. The number of ketones is 1. The Labute approximate surface area is 236 Å². The smallest absolute Gasteiger partial charge is 0.325 e. The summed E-state index contributed by atoms with van der Waals surface area (Å²) in [6, 6.07) is 11.4. The summed E-state index contributed by atoms with van der Waals surface area (Å²) < 4.78 is 12.9. The Hall–Kier alpha value is -4.02. The lowest BCUT2D eigenvalue weighted by Gasteiger charge is -2.63. The first-order valence-electron chi connectivity index (χ1n) is 14.1. The van der Waals surface area contributed by atoms with Gasteiger partial charge in [0.15, 0.2) is 11.9 Å². The lowest BCUT2D eigenvalue weighted by atomic mass is 9.49. The van der Waals surface area contributed by atoms with Gasteiger partial charge in [-0.3, -0.25) is 19.4 Å². The Bertz CT molecular complexity index is 1690. The molecule has 2 aromatic carbocycles. The number of benzene rings is 2. The lowest BCUT2D eigenvalue weighted by molar-refractivity contribution is -0.198. The predicted molar refractivity (Wildman–Crippen MR) is 150 cm³/mol. The zero-order valence-corrected chi connectivity index (χ0v) is 23.0. The second-order valence-electron chi connectivity index (χ2n) is 11.6. The first-order valence-corrected chi connectivity index (χ1v) is 14.1. The molecule has 3 heterocycles. The molecular weight excluding hydrogens is 524 g/mol. The van der Waals surface area contributed by atoms with Crippen molar-refractivity contribution in [1.82, 2.24) is 20.2 Å². The monoisotopic (exact) mass is 556 g/mol. The topological polar surface area (TPSA) is 134 Å². The molecular formula is C31H32N4O6. The van der Waals surface area contributed by atoms with Crippen LogP contribution in [0.5, 0.6) is 5.75 Å². The Morgan fingerprint density at radius 2 is 1.95 bits per heavy atom. The fourth-order valence-corrected chi connectivity index (χ4v) is 8.01. The largest absolute Gasteiger partial charge is 0.480 e. The average Bonchev–Trinajstić information content (AvgIpc) is 3.32. The number of hydrogen-bond donors (Lipinski definition) is 3. The lowest BCUT2D eigenvalue weighted by Crippen LogP contribution is -2.76. The molecule has 1 spiro atoms. The minimum atomic E-state index is -0.636. The maximum Gasteiger partial charge on any atom is 0.325 e. The van der Waals surface area contributed by atoms with Crippen molar-refractivity contribution in [3.8, 4) is 16.9 Å². The van der Waals surface area contributed by atoms with E-state index in [1.807, 2.05) is 36.4 Å². The number of amides is 1. The SMILES string of the molecule is CO[C@@]12CCC(=O)[C@@H]3Oc4c(C(=O)NCCc5ccc(-c6c[nH]c(=O)[nH]c6=O)cc5)ccc5c4C31CCN(C)[C@@H]2C5. The molecule has 212 valence electrons. The van der Waals surface area contributed by atoms with Crippen molar-refractivity contribution in [2.24, 2.45) is 0 Å². The Balaban J connectivity index is 1.13. The molecule has 2 fully saturated rings. The number of aromatic amines is 2. The van der Waals surface area contributed by atoms with E-state index in [0.717, 1.165) is 36.1 Å². The molecule has 3 N–H and O–H groups in total.